The van der Waals surface area contributed by atoms with Gasteiger partial charge in [-0.2, -0.15) is 0 Å². The number of hydrogen-bond acceptors (Lipinski definition) is 1. The number of benzene rings is 1. The fourth-order valence-electron chi connectivity index (χ4n) is 2.45. The average molecular weight is 216 g/mol. The van der Waals surface area contributed by atoms with Gasteiger partial charge in [0.05, 0.1) is 5.52 Å². The van der Waals surface area contributed by atoms with Gasteiger partial charge >= 0.3 is 0 Å². The molecule has 0 spiro atoms. The lowest BCUT2D eigenvalue weighted by Crippen LogP contribution is -2.08. The Bertz CT molecular complexity index is 523. The van der Waals surface area contributed by atoms with Gasteiger partial charge in [0.25, 0.3) is 0 Å². The minimum atomic E-state index is 0.421. The van der Waals surface area contributed by atoms with E-state index in [2.05, 4.69) is 50.7 Å². The maximum Gasteiger partial charge on any atom is 0.0513 e. The first-order chi connectivity index (χ1) is 7.56. The standard InChI is InChI=1S/C14H20N2/c1-9-5-6-10(2)14-13(9)12(8-16(14)4)11(3)7-15/h5-6,8,11H,7,15H2,1-4H3. The molecule has 0 bridgehead atoms. The Labute approximate surface area is 97.1 Å². The molecule has 2 N–H and O–H groups in total. The molecule has 86 valence electrons. The molecule has 2 rings (SSSR count). The van der Waals surface area contributed by atoms with Crippen LogP contribution in [0.4, 0.5) is 0 Å². The highest BCUT2D eigenvalue weighted by molar-refractivity contribution is 5.90. The Balaban J connectivity index is 2.82. The highest BCUT2D eigenvalue weighted by Gasteiger charge is 2.14. The summed E-state index contributed by atoms with van der Waals surface area (Å²) in [6.07, 6.45) is 2.22. The Morgan fingerprint density at radius 2 is 1.88 bits per heavy atom. The zero-order chi connectivity index (χ0) is 11.9. The van der Waals surface area contributed by atoms with Gasteiger partial charge in [-0.05, 0) is 43.0 Å². The minimum absolute atomic E-state index is 0.421. The van der Waals surface area contributed by atoms with Crippen LogP contribution in [0.3, 0.4) is 0 Å². The molecule has 1 heterocycles. The highest BCUT2D eigenvalue weighted by Crippen LogP contribution is 2.31. The van der Waals surface area contributed by atoms with Gasteiger partial charge in [0.1, 0.15) is 0 Å². The van der Waals surface area contributed by atoms with Crippen molar-refractivity contribution in [3.63, 3.8) is 0 Å². The summed E-state index contributed by atoms with van der Waals surface area (Å²) in [5, 5.41) is 1.39. The van der Waals surface area contributed by atoms with E-state index in [9.17, 15) is 0 Å². The predicted octanol–water partition coefficient (Wildman–Crippen LogP) is 2.86. The first-order valence-corrected chi connectivity index (χ1v) is 5.81. The third kappa shape index (κ3) is 1.54. The maximum absolute atomic E-state index is 5.78. The minimum Gasteiger partial charge on any atom is -0.350 e. The predicted molar refractivity (Wildman–Crippen MR) is 69.9 cm³/mol. The molecule has 0 fully saturated rings. The largest absolute Gasteiger partial charge is 0.350 e. The first kappa shape index (κ1) is 11.2. The molecule has 0 radical (unpaired) electrons. The van der Waals surface area contributed by atoms with Crippen molar-refractivity contribution in [2.45, 2.75) is 26.7 Å². The van der Waals surface area contributed by atoms with Crippen LogP contribution in [0.15, 0.2) is 18.3 Å². The smallest absolute Gasteiger partial charge is 0.0513 e. The Kier molecular flexibility index (Phi) is 2.76. The van der Waals surface area contributed by atoms with E-state index in [1.165, 1.54) is 27.6 Å². The zero-order valence-electron chi connectivity index (χ0n) is 10.5. The van der Waals surface area contributed by atoms with Gasteiger partial charge in [-0.15, -0.1) is 0 Å². The van der Waals surface area contributed by atoms with E-state index in [-0.39, 0.29) is 0 Å². The molecule has 0 aliphatic carbocycles. The summed E-state index contributed by atoms with van der Waals surface area (Å²) in [5.74, 6) is 0.421. The summed E-state index contributed by atoms with van der Waals surface area (Å²) in [7, 11) is 2.11. The van der Waals surface area contributed by atoms with Gasteiger partial charge in [0, 0.05) is 18.6 Å². The van der Waals surface area contributed by atoms with Gasteiger partial charge in [-0.3, -0.25) is 0 Å². The van der Waals surface area contributed by atoms with Crippen molar-refractivity contribution in [3.05, 3.63) is 35.0 Å². The third-order valence-corrected chi connectivity index (χ3v) is 3.45. The summed E-state index contributed by atoms with van der Waals surface area (Å²) >= 11 is 0. The number of hydrogen-bond donors (Lipinski definition) is 1. The summed E-state index contributed by atoms with van der Waals surface area (Å²) in [5.41, 5.74) is 11.2. The third-order valence-electron chi connectivity index (χ3n) is 3.45. The van der Waals surface area contributed by atoms with E-state index in [1.807, 2.05) is 0 Å². The maximum atomic E-state index is 5.78. The lowest BCUT2D eigenvalue weighted by atomic mass is 9.96. The topological polar surface area (TPSA) is 30.9 Å². The molecule has 1 atom stereocenters. The van der Waals surface area contributed by atoms with Crippen LogP contribution in [-0.2, 0) is 7.05 Å². The second-order valence-corrected chi connectivity index (χ2v) is 4.76. The first-order valence-electron chi connectivity index (χ1n) is 5.81. The molecule has 0 aliphatic rings. The van der Waals surface area contributed by atoms with Gasteiger partial charge in [0.15, 0.2) is 0 Å². The van der Waals surface area contributed by atoms with Crippen LogP contribution < -0.4 is 5.73 Å². The van der Waals surface area contributed by atoms with E-state index in [1.54, 1.807) is 0 Å². The molecule has 0 amide bonds. The van der Waals surface area contributed by atoms with Crippen LogP contribution >= 0.6 is 0 Å². The van der Waals surface area contributed by atoms with Crippen molar-refractivity contribution in [2.75, 3.05) is 6.54 Å². The molecule has 16 heavy (non-hydrogen) atoms. The molecule has 2 heteroatoms. The van der Waals surface area contributed by atoms with Gasteiger partial charge in [-0.1, -0.05) is 19.1 Å². The van der Waals surface area contributed by atoms with E-state index in [4.69, 9.17) is 5.73 Å². The molecule has 0 saturated carbocycles. The second kappa shape index (κ2) is 3.95. The summed E-state index contributed by atoms with van der Waals surface area (Å²) in [6, 6.07) is 4.39. The number of aryl methyl sites for hydroxylation is 3. The second-order valence-electron chi connectivity index (χ2n) is 4.76. The van der Waals surface area contributed by atoms with Gasteiger partial charge in [0.2, 0.25) is 0 Å². The van der Waals surface area contributed by atoms with Crippen LogP contribution in [0.5, 0.6) is 0 Å². The van der Waals surface area contributed by atoms with Crippen molar-refractivity contribution < 1.29 is 0 Å². The summed E-state index contributed by atoms with van der Waals surface area (Å²) in [6.45, 7) is 7.23. The van der Waals surface area contributed by atoms with Gasteiger partial charge < -0.3 is 10.3 Å². The molecule has 0 aliphatic heterocycles. The van der Waals surface area contributed by atoms with Crippen molar-refractivity contribution >= 4 is 10.9 Å². The van der Waals surface area contributed by atoms with Gasteiger partial charge in [-0.25, -0.2) is 0 Å². The number of aromatic nitrogens is 1. The number of fused-ring (bicyclic) bond motifs is 1. The van der Waals surface area contributed by atoms with Crippen molar-refractivity contribution in [2.24, 2.45) is 12.8 Å². The number of rotatable bonds is 2. The number of nitrogens with zero attached hydrogens (tertiary/aromatic N) is 1. The fraction of sp³-hybridized carbons (Fsp3) is 0.429. The van der Waals surface area contributed by atoms with Crippen LogP contribution in [0.25, 0.3) is 10.9 Å². The number of nitrogens with two attached hydrogens (primary N) is 1. The SMILES string of the molecule is Cc1ccc(C)c2c1c(C(C)CN)cn2C. The van der Waals surface area contributed by atoms with Crippen LogP contribution in [0.2, 0.25) is 0 Å². The average Bonchev–Trinajstić information content (AvgIpc) is 2.62. The lowest BCUT2D eigenvalue weighted by Gasteiger charge is -2.09. The highest BCUT2D eigenvalue weighted by atomic mass is 14.9. The molecule has 1 aromatic carbocycles. The Hall–Kier alpha value is -1.28. The van der Waals surface area contributed by atoms with Crippen molar-refractivity contribution in [1.29, 1.82) is 0 Å². The molecular weight excluding hydrogens is 196 g/mol. The van der Waals surface area contributed by atoms with Crippen molar-refractivity contribution in [3.8, 4) is 0 Å². The van der Waals surface area contributed by atoms with Crippen LogP contribution in [0.1, 0.15) is 29.5 Å². The van der Waals surface area contributed by atoms with E-state index in [0.717, 1.165) is 0 Å². The van der Waals surface area contributed by atoms with Crippen molar-refractivity contribution in [1.82, 2.24) is 4.57 Å². The van der Waals surface area contributed by atoms with E-state index >= 15 is 0 Å². The summed E-state index contributed by atoms with van der Waals surface area (Å²) < 4.78 is 2.22. The molecule has 0 saturated heterocycles. The molecule has 2 aromatic rings. The Morgan fingerprint density at radius 3 is 2.50 bits per heavy atom. The molecule has 1 unspecified atom stereocenters. The zero-order valence-corrected chi connectivity index (χ0v) is 10.5. The molecule has 1 aromatic heterocycles. The lowest BCUT2D eigenvalue weighted by molar-refractivity contribution is 0.773. The normalized spacial score (nSPS) is 13.3. The van der Waals surface area contributed by atoms with E-state index in [0.29, 0.717) is 12.5 Å². The Morgan fingerprint density at radius 1 is 1.25 bits per heavy atom. The molecule has 2 nitrogen and oxygen atoms in total. The fourth-order valence-corrected chi connectivity index (χ4v) is 2.45. The monoisotopic (exact) mass is 216 g/mol. The quantitative estimate of drug-likeness (QED) is 0.822. The van der Waals surface area contributed by atoms with Crippen LogP contribution in [0, 0.1) is 13.8 Å². The summed E-state index contributed by atoms with van der Waals surface area (Å²) in [4.78, 5) is 0. The van der Waals surface area contributed by atoms with Crippen LogP contribution in [-0.4, -0.2) is 11.1 Å². The van der Waals surface area contributed by atoms with E-state index < -0.39 is 0 Å². The molecular formula is C14H20N2.